The van der Waals surface area contributed by atoms with E-state index in [9.17, 15) is 4.79 Å². The number of ether oxygens (including phenoxy) is 2. The summed E-state index contributed by atoms with van der Waals surface area (Å²) in [5.41, 5.74) is 1.95. The van der Waals surface area contributed by atoms with Gasteiger partial charge in [-0.15, -0.1) is 0 Å². The highest BCUT2D eigenvalue weighted by molar-refractivity contribution is 6.17. The van der Waals surface area contributed by atoms with Crippen LogP contribution in [0.3, 0.4) is 0 Å². The summed E-state index contributed by atoms with van der Waals surface area (Å²) in [4.78, 5) is 11.9. The summed E-state index contributed by atoms with van der Waals surface area (Å²) < 4.78 is 15.0. The molecule has 0 atom stereocenters. The fourth-order valence-electron chi connectivity index (χ4n) is 1.89. The summed E-state index contributed by atoms with van der Waals surface area (Å²) in [6.45, 7) is 0. The molecule has 0 fully saturated rings. The zero-order chi connectivity index (χ0) is 15.1. The fourth-order valence-corrected chi connectivity index (χ4v) is 1.89. The molecule has 0 bridgehead atoms. The van der Waals surface area contributed by atoms with E-state index < -0.39 is 5.97 Å². The molecule has 108 valence electrons. The molecule has 0 aliphatic rings. The van der Waals surface area contributed by atoms with Crippen molar-refractivity contribution < 1.29 is 18.7 Å². The molecule has 0 saturated carbocycles. The number of rotatable bonds is 5. The maximum absolute atomic E-state index is 11.9. The Bertz CT molecular complexity index is 651. The van der Waals surface area contributed by atoms with Gasteiger partial charge in [0.2, 0.25) is 0 Å². The Balaban J connectivity index is 2.40. The minimum Gasteiger partial charge on any atom is -0.503 e. The lowest BCUT2D eigenvalue weighted by Crippen LogP contribution is -2.05. The van der Waals surface area contributed by atoms with Gasteiger partial charge in [-0.1, -0.05) is 30.3 Å². The molecular formula is C17H16O4. The minimum absolute atomic E-state index is 0.361. The molecule has 4 nitrogen and oxygen atoms in total. The number of esters is 1. The molecule has 4 heteroatoms. The van der Waals surface area contributed by atoms with E-state index in [-0.39, 0.29) is 0 Å². The summed E-state index contributed by atoms with van der Waals surface area (Å²) in [7, 11) is 2.83. The van der Waals surface area contributed by atoms with Crippen molar-refractivity contribution in [2.24, 2.45) is 0 Å². The molecule has 0 unspecified atom stereocenters. The van der Waals surface area contributed by atoms with Crippen LogP contribution in [0.15, 0.2) is 53.3 Å². The zero-order valence-corrected chi connectivity index (χ0v) is 11.9. The number of carbonyl (C=O) groups is 1. The van der Waals surface area contributed by atoms with Gasteiger partial charge in [0.15, 0.2) is 0 Å². The normalized spacial score (nSPS) is 11.6. The average molecular weight is 284 g/mol. The van der Waals surface area contributed by atoms with Gasteiger partial charge in [0.05, 0.1) is 26.7 Å². The number of hydrogen-bond donors (Lipinski definition) is 0. The predicted octanol–water partition coefficient (Wildman–Crippen LogP) is 3.61. The van der Waals surface area contributed by atoms with Crippen LogP contribution in [0, 0.1) is 0 Å². The number of hydrogen-bond acceptors (Lipinski definition) is 4. The second-order valence-corrected chi connectivity index (χ2v) is 4.19. The fraction of sp³-hybridized carbons (Fsp3) is 0.118. The molecule has 1 aromatic carbocycles. The molecule has 0 radical (unpaired) electrons. The summed E-state index contributed by atoms with van der Waals surface area (Å²) >= 11 is 0. The van der Waals surface area contributed by atoms with Crippen molar-refractivity contribution in [1.82, 2.24) is 0 Å². The number of carbonyl (C=O) groups excluding carboxylic acids is 1. The van der Waals surface area contributed by atoms with Crippen molar-refractivity contribution in [3.63, 3.8) is 0 Å². The topological polar surface area (TPSA) is 48.7 Å². The lowest BCUT2D eigenvalue weighted by Gasteiger charge is -2.08. The average Bonchev–Trinajstić information content (AvgIpc) is 3.04. The van der Waals surface area contributed by atoms with E-state index in [0.29, 0.717) is 5.57 Å². The molecule has 0 spiro atoms. The van der Waals surface area contributed by atoms with E-state index >= 15 is 0 Å². The van der Waals surface area contributed by atoms with Crippen molar-refractivity contribution >= 4 is 23.7 Å². The van der Waals surface area contributed by atoms with Gasteiger partial charge in [-0.3, -0.25) is 0 Å². The summed E-state index contributed by atoms with van der Waals surface area (Å²) in [6, 6.07) is 11.2. The van der Waals surface area contributed by atoms with Crippen LogP contribution in [0.5, 0.6) is 0 Å². The Morgan fingerprint density at radius 2 is 1.90 bits per heavy atom. The molecule has 0 aliphatic heterocycles. The van der Waals surface area contributed by atoms with Gasteiger partial charge in [0, 0.05) is 0 Å². The Kier molecular flexibility index (Phi) is 4.99. The van der Waals surface area contributed by atoms with Crippen LogP contribution in [0.25, 0.3) is 17.7 Å². The van der Waals surface area contributed by atoms with E-state index in [2.05, 4.69) is 0 Å². The van der Waals surface area contributed by atoms with Crippen LogP contribution in [0.1, 0.15) is 16.9 Å². The Morgan fingerprint density at radius 3 is 2.57 bits per heavy atom. The van der Waals surface area contributed by atoms with Gasteiger partial charge in [-0.25, -0.2) is 4.79 Å². The molecule has 1 aromatic heterocycles. The monoisotopic (exact) mass is 284 g/mol. The first-order chi connectivity index (χ1) is 10.3. The van der Waals surface area contributed by atoms with Crippen LogP contribution < -0.4 is 0 Å². The van der Waals surface area contributed by atoms with Gasteiger partial charge in [-0.2, -0.15) is 0 Å². The number of furan rings is 1. The SMILES string of the molecule is COC=C(C(=O)OC)c1ccccc1C=Cc1ccco1. The van der Waals surface area contributed by atoms with Crippen molar-refractivity contribution in [3.05, 3.63) is 65.8 Å². The Labute approximate surface area is 123 Å². The maximum Gasteiger partial charge on any atom is 0.341 e. The molecule has 0 aliphatic carbocycles. The third kappa shape index (κ3) is 3.63. The van der Waals surface area contributed by atoms with Gasteiger partial charge < -0.3 is 13.9 Å². The predicted molar refractivity (Wildman–Crippen MR) is 81.1 cm³/mol. The molecule has 21 heavy (non-hydrogen) atoms. The van der Waals surface area contributed by atoms with Crippen molar-refractivity contribution in [2.75, 3.05) is 14.2 Å². The number of benzene rings is 1. The Hall–Kier alpha value is -2.75. The van der Waals surface area contributed by atoms with E-state index in [0.717, 1.165) is 16.9 Å². The van der Waals surface area contributed by atoms with E-state index in [1.54, 1.807) is 6.26 Å². The third-order valence-electron chi connectivity index (χ3n) is 2.86. The molecule has 2 aromatic rings. The van der Waals surface area contributed by atoms with E-state index in [1.165, 1.54) is 20.5 Å². The van der Waals surface area contributed by atoms with Gasteiger partial charge in [0.25, 0.3) is 0 Å². The van der Waals surface area contributed by atoms with Crippen LogP contribution in [0.2, 0.25) is 0 Å². The lowest BCUT2D eigenvalue weighted by atomic mass is 10.00. The highest BCUT2D eigenvalue weighted by atomic mass is 16.5. The largest absolute Gasteiger partial charge is 0.503 e. The third-order valence-corrected chi connectivity index (χ3v) is 2.86. The zero-order valence-electron chi connectivity index (χ0n) is 11.9. The van der Waals surface area contributed by atoms with E-state index in [4.69, 9.17) is 13.9 Å². The van der Waals surface area contributed by atoms with Gasteiger partial charge in [-0.05, 0) is 29.3 Å². The lowest BCUT2D eigenvalue weighted by molar-refractivity contribution is -0.133. The molecule has 1 heterocycles. The standard InChI is InChI=1S/C17H16O4/c1-19-12-16(17(18)20-2)15-8-4-3-6-13(15)9-10-14-7-5-11-21-14/h3-12H,1-2H3. The quantitative estimate of drug-likeness (QED) is 0.478. The van der Waals surface area contributed by atoms with E-state index in [1.807, 2.05) is 48.6 Å². The summed E-state index contributed by atoms with van der Waals surface area (Å²) in [6.07, 6.45) is 6.70. The molecular weight excluding hydrogens is 268 g/mol. The second kappa shape index (κ2) is 7.14. The van der Waals surface area contributed by atoms with Crippen LogP contribution in [-0.2, 0) is 14.3 Å². The maximum atomic E-state index is 11.9. The van der Waals surface area contributed by atoms with Crippen LogP contribution >= 0.6 is 0 Å². The highest BCUT2D eigenvalue weighted by Gasteiger charge is 2.15. The highest BCUT2D eigenvalue weighted by Crippen LogP contribution is 2.22. The van der Waals surface area contributed by atoms with Crippen LogP contribution in [0.4, 0.5) is 0 Å². The summed E-state index contributed by atoms with van der Waals surface area (Å²) in [5, 5.41) is 0. The smallest absolute Gasteiger partial charge is 0.341 e. The first kappa shape index (κ1) is 14.7. The first-order valence-corrected chi connectivity index (χ1v) is 6.38. The van der Waals surface area contributed by atoms with Crippen LogP contribution in [-0.4, -0.2) is 20.2 Å². The van der Waals surface area contributed by atoms with Gasteiger partial charge >= 0.3 is 5.97 Å². The first-order valence-electron chi connectivity index (χ1n) is 6.38. The minimum atomic E-state index is -0.448. The van der Waals surface area contributed by atoms with Gasteiger partial charge in [0.1, 0.15) is 11.3 Å². The van der Waals surface area contributed by atoms with Crippen molar-refractivity contribution in [1.29, 1.82) is 0 Å². The molecule has 2 rings (SSSR count). The molecule has 0 N–H and O–H groups in total. The number of methoxy groups -OCH3 is 2. The van der Waals surface area contributed by atoms with Crippen molar-refractivity contribution in [2.45, 2.75) is 0 Å². The second-order valence-electron chi connectivity index (χ2n) is 4.19. The summed E-state index contributed by atoms with van der Waals surface area (Å²) in [5.74, 6) is 0.288. The van der Waals surface area contributed by atoms with Crippen molar-refractivity contribution in [3.8, 4) is 0 Å². The molecule has 0 amide bonds. The molecule has 0 saturated heterocycles. The Morgan fingerprint density at radius 1 is 1.10 bits per heavy atom.